The average molecular weight is 489 g/mol. The molecule has 0 radical (unpaired) electrons. The van der Waals surface area contributed by atoms with Gasteiger partial charge in [0, 0.05) is 30.5 Å². The minimum atomic E-state index is -0.873. The van der Waals surface area contributed by atoms with Crippen LogP contribution in [0.25, 0.3) is 0 Å². The van der Waals surface area contributed by atoms with Crippen molar-refractivity contribution in [3.8, 4) is 5.75 Å². The number of ether oxygens (including phenoxy) is 2. The van der Waals surface area contributed by atoms with Gasteiger partial charge in [-0.1, -0.05) is 24.3 Å². The Morgan fingerprint density at radius 2 is 1.83 bits per heavy atom. The molecule has 2 aromatic carbocycles. The van der Waals surface area contributed by atoms with Crippen LogP contribution in [-0.2, 0) is 29.0 Å². The summed E-state index contributed by atoms with van der Waals surface area (Å²) in [7, 11) is 0. The van der Waals surface area contributed by atoms with Crippen molar-refractivity contribution in [1.82, 2.24) is 5.32 Å². The smallest absolute Gasteiger partial charge is 0.338 e. The molecule has 0 spiro atoms. The first-order chi connectivity index (χ1) is 16.5. The number of carbonyl (C=O) groups is 1. The maximum atomic E-state index is 12.8. The normalized spacial score (nSPS) is 18.3. The minimum Gasteiger partial charge on any atom is -0.489 e. The number of benzene rings is 2. The van der Waals surface area contributed by atoms with E-state index in [1.807, 2.05) is 32.9 Å². The number of nitrogens with one attached hydrogen (secondary N) is 1. The van der Waals surface area contributed by atoms with E-state index in [0.717, 1.165) is 11.1 Å². The summed E-state index contributed by atoms with van der Waals surface area (Å²) in [6.07, 6.45) is -1.65. The van der Waals surface area contributed by atoms with Gasteiger partial charge in [-0.3, -0.25) is 0 Å². The summed E-state index contributed by atoms with van der Waals surface area (Å²) in [5.74, 6) is 0.0325. The second-order valence-electron chi connectivity index (χ2n) is 9.60. The van der Waals surface area contributed by atoms with E-state index >= 15 is 0 Å². The van der Waals surface area contributed by atoms with E-state index in [-0.39, 0.29) is 25.2 Å². The fourth-order valence-electron chi connectivity index (χ4n) is 3.70. The molecule has 0 aromatic heterocycles. The van der Waals surface area contributed by atoms with Crippen molar-refractivity contribution in [2.45, 2.75) is 64.1 Å². The Hall–Kier alpha value is -3.21. The topological polar surface area (TPSA) is 140 Å². The maximum absolute atomic E-state index is 12.8. The van der Waals surface area contributed by atoms with Crippen LogP contribution in [0.1, 0.15) is 47.8 Å². The van der Waals surface area contributed by atoms with Crippen molar-refractivity contribution in [3.05, 3.63) is 74.8 Å². The Morgan fingerprint density at radius 1 is 1.14 bits per heavy atom. The van der Waals surface area contributed by atoms with Crippen molar-refractivity contribution < 1.29 is 34.4 Å². The Morgan fingerprint density at radius 3 is 2.49 bits per heavy atom. The molecule has 0 aliphatic heterocycles. The highest BCUT2D eigenvalue weighted by molar-refractivity contribution is 5.89. The van der Waals surface area contributed by atoms with E-state index in [2.05, 4.69) is 10.2 Å². The van der Waals surface area contributed by atoms with Gasteiger partial charge in [-0.15, -0.1) is 10.1 Å². The lowest BCUT2D eigenvalue weighted by Crippen LogP contribution is -2.44. The van der Waals surface area contributed by atoms with Crippen LogP contribution in [0.2, 0.25) is 0 Å². The quantitative estimate of drug-likeness (QED) is 0.261. The van der Waals surface area contributed by atoms with E-state index in [9.17, 15) is 25.1 Å². The van der Waals surface area contributed by atoms with Gasteiger partial charge in [-0.05, 0) is 50.1 Å². The number of hydrogen-bond acceptors (Lipinski definition) is 9. The molecule has 3 atom stereocenters. The monoisotopic (exact) mass is 488 g/mol. The molecular weight excluding hydrogens is 456 g/mol. The summed E-state index contributed by atoms with van der Waals surface area (Å²) < 4.78 is 11.8. The van der Waals surface area contributed by atoms with Crippen LogP contribution in [0.15, 0.2) is 42.5 Å². The van der Waals surface area contributed by atoms with E-state index in [1.165, 1.54) is 12.1 Å². The van der Waals surface area contributed by atoms with Crippen LogP contribution in [0.3, 0.4) is 0 Å². The standard InChI is InChI=1S/C25H32N2O8/c1-25(2,3)26-13-19(35-24(30)17-9-7-16(8-10-17)14-34-27(31)32)15-33-23-6-4-5-18-11-21(28)22(29)12-20(18)23/h4-10,19,21-22,26,28-29H,11-15H2,1-3H3/t19?,21-,22+/m0/s1. The second kappa shape index (κ2) is 11.5. The molecule has 10 heteroatoms. The first kappa shape index (κ1) is 26.4. The zero-order valence-electron chi connectivity index (χ0n) is 20.1. The lowest BCUT2D eigenvalue weighted by atomic mass is 9.87. The van der Waals surface area contributed by atoms with Gasteiger partial charge in [0.25, 0.3) is 5.09 Å². The molecular formula is C25H32N2O8. The van der Waals surface area contributed by atoms with E-state index < -0.39 is 29.4 Å². The molecule has 0 fully saturated rings. The number of carbonyl (C=O) groups excluding carboxylic acids is 1. The maximum Gasteiger partial charge on any atom is 0.338 e. The molecule has 35 heavy (non-hydrogen) atoms. The van der Waals surface area contributed by atoms with E-state index in [4.69, 9.17) is 9.47 Å². The van der Waals surface area contributed by atoms with Gasteiger partial charge < -0.3 is 29.8 Å². The van der Waals surface area contributed by atoms with Crippen LogP contribution in [-0.4, -0.2) is 58.3 Å². The van der Waals surface area contributed by atoms with Crippen molar-refractivity contribution in [3.63, 3.8) is 0 Å². The highest BCUT2D eigenvalue weighted by Gasteiger charge is 2.28. The van der Waals surface area contributed by atoms with Gasteiger partial charge in [0.05, 0.1) is 17.8 Å². The highest BCUT2D eigenvalue weighted by atomic mass is 16.9. The largest absolute Gasteiger partial charge is 0.489 e. The summed E-state index contributed by atoms with van der Waals surface area (Å²) in [5.41, 5.74) is 2.39. The number of esters is 1. The Labute approximate surface area is 203 Å². The molecule has 2 aromatic rings. The molecule has 1 aliphatic rings. The van der Waals surface area contributed by atoms with E-state index in [0.29, 0.717) is 29.8 Å². The number of aliphatic hydroxyl groups excluding tert-OH is 2. The molecule has 190 valence electrons. The fraction of sp³-hybridized carbons (Fsp3) is 0.480. The average Bonchev–Trinajstić information content (AvgIpc) is 2.80. The van der Waals surface area contributed by atoms with Crippen LogP contribution in [0.5, 0.6) is 5.75 Å². The summed E-state index contributed by atoms with van der Waals surface area (Å²) in [5, 5.41) is 32.8. The molecule has 0 heterocycles. The fourth-order valence-corrected chi connectivity index (χ4v) is 3.70. The molecule has 3 N–H and O–H groups in total. The number of nitrogens with zero attached hydrogens (tertiary/aromatic N) is 1. The van der Waals surface area contributed by atoms with E-state index in [1.54, 1.807) is 18.2 Å². The van der Waals surface area contributed by atoms with Gasteiger partial charge in [0.15, 0.2) is 0 Å². The van der Waals surface area contributed by atoms with Crippen LogP contribution >= 0.6 is 0 Å². The van der Waals surface area contributed by atoms with Crippen molar-refractivity contribution >= 4 is 5.97 Å². The van der Waals surface area contributed by atoms with Crippen molar-refractivity contribution in [2.75, 3.05) is 13.2 Å². The lowest BCUT2D eigenvalue weighted by Gasteiger charge is -2.29. The Balaban J connectivity index is 1.68. The summed E-state index contributed by atoms with van der Waals surface area (Å²) >= 11 is 0. The van der Waals surface area contributed by atoms with Crippen LogP contribution < -0.4 is 10.1 Å². The molecule has 0 saturated carbocycles. The van der Waals surface area contributed by atoms with Crippen LogP contribution in [0.4, 0.5) is 0 Å². The molecule has 1 aliphatic carbocycles. The SMILES string of the molecule is CC(C)(C)NCC(COc1cccc2c1C[C@@H](O)[C@@H](O)C2)OC(=O)c1ccc(CO[N+](=O)[O-])cc1. The lowest BCUT2D eigenvalue weighted by molar-refractivity contribution is -0.763. The van der Waals surface area contributed by atoms with Crippen molar-refractivity contribution in [1.29, 1.82) is 0 Å². The third-order valence-corrected chi connectivity index (χ3v) is 5.60. The second-order valence-corrected chi connectivity index (χ2v) is 9.60. The predicted octanol–water partition coefficient (Wildman–Crippen LogP) is 2.21. The Bertz CT molecular complexity index is 1020. The third kappa shape index (κ3) is 7.91. The summed E-state index contributed by atoms with van der Waals surface area (Å²) in [6, 6.07) is 11.7. The number of fused-ring (bicyclic) bond motifs is 1. The van der Waals surface area contributed by atoms with Gasteiger partial charge in [-0.25, -0.2) is 4.79 Å². The summed E-state index contributed by atoms with van der Waals surface area (Å²) in [4.78, 5) is 27.5. The number of rotatable bonds is 10. The first-order valence-corrected chi connectivity index (χ1v) is 11.4. The summed E-state index contributed by atoms with van der Waals surface area (Å²) in [6.45, 7) is 6.22. The van der Waals surface area contributed by atoms with Crippen LogP contribution in [0, 0.1) is 10.1 Å². The zero-order valence-corrected chi connectivity index (χ0v) is 20.1. The molecule has 0 bridgehead atoms. The molecule has 10 nitrogen and oxygen atoms in total. The number of hydrogen-bond donors (Lipinski definition) is 3. The third-order valence-electron chi connectivity index (χ3n) is 5.60. The molecule has 1 unspecified atom stereocenters. The first-order valence-electron chi connectivity index (χ1n) is 11.4. The van der Waals surface area contributed by atoms with Gasteiger partial charge in [-0.2, -0.15) is 0 Å². The molecule has 0 amide bonds. The Kier molecular flexibility index (Phi) is 8.66. The van der Waals surface area contributed by atoms with Gasteiger partial charge in [0.2, 0.25) is 0 Å². The minimum absolute atomic E-state index is 0.0820. The van der Waals surface area contributed by atoms with Gasteiger partial charge >= 0.3 is 5.97 Å². The van der Waals surface area contributed by atoms with Gasteiger partial charge in [0.1, 0.15) is 25.1 Å². The number of aliphatic hydroxyl groups is 2. The zero-order chi connectivity index (χ0) is 25.6. The predicted molar refractivity (Wildman–Crippen MR) is 127 cm³/mol. The molecule has 0 saturated heterocycles. The highest BCUT2D eigenvalue weighted by Crippen LogP contribution is 2.30. The molecule has 3 rings (SSSR count). The van der Waals surface area contributed by atoms with Crippen molar-refractivity contribution in [2.24, 2.45) is 0 Å².